The third-order valence-electron chi connectivity index (χ3n) is 7.08. The van der Waals surface area contributed by atoms with E-state index >= 15 is 0 Å². The van der Waals surface area contributed by atoms with Crippen LogP contribution < -0.4 is 9.80 Å². The fourth-order valence-corrected chi connectivity index (χ4v) is 5.03. The Labute approximate surface area is 210 Å². The van der Waals surface area contributed by atoms with E-state index in [9.17, 15) is 14.9 Å². The highest BCUT2D eigenvalue weighted by atomic mass is 16.2. The molecule has 3 aromatic rings. The summed E-state index contributed by atoms with van der Waals surface area (Å²) < 4.78 is 1.79. The van der Waals surface area contributed by atoms with Crippen molar-refractivity contribution < 1.29 is 9.59 Å². The summed E-state index contributed by atoms with van der Waals surface area (Å²) in [5.74, 6) is -0.108. The Balaban J connectivity index is 1.32. The van der Waals surface area contributed by atoms with Gasteiger partial charge in [-0.15, -0.1) is 0 Å². The monoisotopic (exact) mass is 483 g/mol. The van der Waals surface area contributed by atoms with Gasteiger partial charge in [0.15, 0.2) is 0 Å². The lowest BCUT2D eigenvalue weighted by Crippen LogP contribution is -2.48. The molecule has 36 heavy (non-hydrogen) atoms. The second kappa shape index (κ2) is 8.79. The summed E-state index contributed by atoms with van der Waals surface area (Å²) in [6.45, 7) is 10.5. The van der Waals surface area contributed by atoms with Gasteiger partial charge in [0.05, 0.1) is 52.7 Å². The number of piperazine rings is 1. The van der Waals surface area contributed by atoms with Crippen molar-refractivity contribution in [3.63, 3.8) is 0 Å². The fraction of sp³-hybridized carbons (Fsp3) is 0.370. The number of nitrogens with zero attached hydrogens (tertiary/aromatic N) is 7. The number of anilines is 2. The molecule has 9 heteroatoms. The van der Waals surface area contributed by atoms with Crippen molar-refractivity contribution >= 4 is 23.2 Å². The average molecular weight is 484 g/mol. The second-order valence-electron chi connectivity index (χ2n) is 10.1. The van der Waals surface area contributed by atoms with Gasteiger partial charge >= 0.3 is 0 Å². The first-order valence-corrected chi connectivity index (χ1v) is 12.1. The van der Waals surface area contributed by atoms with Crippen LogP contribution in [0.15, 0.2) is 49.1 Å². The Morgan fingerprint density at radius 3 is 2.44 bits per heavy atom. The van der Waals surface area contributed by atoms with E-state index in [1.807, 2.05) is 38.7 Å². The summed E-state index contributed by atoms with van der Waals surface area (Å²) in [5, 5.41) is 13.6. The molecule has 184 valence electrons. The van der Waals surface area contributed by atoms with E-state index in [2.05, 4.69) is 21.1 Å². The summed E-state index contributed by atoms with van der Waals surface area (Å²) in [4.78, 5) is 36.5. The third kappa shape index (κ3) is 3.88. The minimum Gasteiger partial charge on any atom is -0.367 e. The molecule has 2 aromatic heterocycles. The van der Waals surface area contributed by atoms with Gasteiger partial charge < -0.3 is 9.80 Å². The van der Waals surface area contributed by atoms with Crippen LogP contribution in [-0.2, 0) is 5.54 Å². The number of carbonyl (C=O) groups excluding carboxylic acids is 2. The lowest BCUT2D eigenvalue weighted by molar-refractivity contribution is 0.0746. The predicted molar refractivity (Wildman–Crippen MR) is 136 cm³/mol. The van der Waals surface area contributed by atoms with Crippen LogP contribution in [0.25, 0.3) is 0 Å². The summed E-state index contributed by atoms with van der Waals surface area (Å²) in [6, 6.07) is 9.56. The standard InChI is InChI=1S/C27H29N7O2/c1-18(2)33-17-20(14-30-33)25(35)32-9-7-31(8-10-32)21-12-22(16-29-15-21)34-26(36)23-6-5-19(13-28)11-24(23)27(34,3)4/h5-6,11-12,14-18H,7-10H2,1-4H3. The van der Waals surface area contributed by atoms with Crippen LogP contribution in [0.5, 0.6) is 0 Å². The van der Waals surface area contributed by atoms with Crippen LogP contribution in [0.3, 0.4) is 0 Å². The highest BCUT2D eigenvalue weighted by Crippen LogP contribution is 2.42. The normalized spacial score (nSPS) is 16.9. The lowest BCUT2D eigenvalue weighted by atomic mass is 9.92. The number of rotatable bonds is 4. The van der Waals surface area contributed by atoms with Crippen LogP contribution in [0, 0.1) is 11.3 Å². The summed E-state index contributed by atoms with van der Waals surface area (Å²) in [5.41, 5.74) is 3.58. The number of hydrogen-bond donors (Lipinski definition) is 0. The molecule has 0 N–H and O–H groups in total. The number of fused-ring (bicyclic) bond motifs is 1. The second-order valence-corrected chi connectivity index (χ2v) is 10.1. The van der Waals surface area contributed by atoms with E-state index < -0.39 is 5.54 Å². The molecule has 0 spiro atoms. The van der Waals surface area contributed by atoms with E-state index in [1.54, 1.807) is 52.6 Å². The predicted octanol–water partition coefficient (Wildman–Crippen LogP) is 3.59. The number of nitriles is 1. The lowest BCUT2D eigenvalue weighted by Gasteiger charge is -2.37. The van der Waals surface area contributed by atoms with Crippen LogP contribution in [0.4, 0.5) is 11.4 Å². The van der Waals surface area contributed by atoms with Gasteiger partial charge in [0, 0.05) is 44.0 Å². The molecule has 0 unspecified atom stereocenters. The molecular weight excluding hydrogens is 454 g/mol. The Kier molecular flexibility index (Phi) is 5.75. The van der Waals surface area contributed by atoms with E-state index in [0.717, 1.165) is 11.3 Å². The number of amides is 2. The van der Waals surface area contributed by atoms with Gasteiger partial charge in [0.25, 0.3) is 11.8 Å². The van der Waals surface area contributed by atoms with Crippen LogP contribution in [0.1, 0.15) is 65.6 Å². The Bertz CT molecular complexity index is 1380. The highest BCUT2D eigenvalue weighted by Gasteiger charge is 2.44. The van der Waals surface area contributed by atoms with Crippen molar-refractivity contribution in [1.82, 2.24) is 19.7 Å². The molecule has 9 nitrogen and oxygen atoms in total. The molecule has 5 rings (SSSR count). The minimum absolute atomic E-state index is 0.00709. The van der Waals surface area contributed by atoms with E-state index in [0.29, 0.717) is 48.6 Å². The van der Waals surface area contributed by atoms with Crippen molar-refractivity contribution in [2.45, 2.75) is 39.3 Å². The molecule has 2 amide bonds. The van der Waals surface area contributed by atoms with Crippen molar-refractivity contribution in [2.24, 2.45) is 0 Å². The maximum atomic E-state index is 13.3. The molecule has 0 bridgehead atoms. The fourth-order valence-electron chi connectivity index (χ4n) is 5.03. The minimum atomic E-state index is -0.620. The Morgan fingerprint density at radius 2 is 1.78 bits per heavy atom. The smallest absolute Gasteiger partial charge is 0.259 e. The van der Waals surface area contributed by atoms with Gasteiger partial charge in [-0.3, -0.25) is 24.2 Å². The molecule has 0 aliphatic carbocycles. The van der Waals surface area contributed by atoms with Gasteiger partial charge in [0.1, 0.15) is 0 Å². The van der Waals surface area contributed by atoms with Crippen molar-refractivity contribution in [1.29, 1.82) is 5.26 Å². The van der Waals surface area contributed by atoms with Crippen LogP contribution in [-0.4, -0.2) is 57.7 Å². The Morgan fingerprint density at radius 1 is 1.06 bits per heavy atom. The van der Waals surface area contributed by atoms with Gasteiger partial charge in [-0.25, -0.2) is 0 Å². The van der Waals surface area contributed by atoms with E-state index in [-0.39, 0.29) is 17.9 Å². The first kappa shape index (κ1) is 23.5. The molecule has 1 fully saturated rings. The van der Waals surface area contributed by atoms with Gasteiger partial charge in [-0.2, -0.15) is 10.4 Å². The van der Waals surface area contributed by atoms with E-state index in [4.69, 9.17) is 0 Å². The van der Waals surface area contributed by atoms with Gasteiger partial charge in [-0.05, 0) is 57.5 Å². The molecule has 1 saturated heterocycles. The maximum absolute atomic E-state index is 13.3. The summed E-state index contributed by atoms with van der Waals surface area (Å²) in [6.07, 6.45) is 6.93. The van der Waals surface area contributed by atoms with Gasteiger partial charge in [0.2, 0.25) is 0 Å². The number of carbonyl (C=O) groups is 2. The zero-order valence-electron chi connectivity index (χ0n) is 21.0. The zero-order chi connectivity index (χ0) is 25.6. The topological polar surface area (TPSA) is 98.4 Å². The molecule has 2 aliphatic rings. The number of hydrogen-bond acceptors (Lipinski definition) is 6. The van der Waals surface area contributed by atoms with Crippen molar-refractivity contribution in [3.05, 3.63) is 71.3 Å². The quantitative estimate of drug-likeness (QED) is 0.563. The van der Waals surface area contributed by atoms with E-state index in [1.165, 1.54) is 0 Å². The maximum Gasteiger partial charge on any atom is 0.259 e. The average Bonchev–Trinajstić information content (AvgIpc) is 3.45. The SMILES string of the molecule is CC(C)n1cc(C(=O)N2CCN(c3cncc(N4C(=O)c5ccc(C#N)cc5C4(C)C)c3)CC2)cn1. The molecule has 0 atom stereocenters. The summed E-state index contributed by atoms with van der Waals surface area (Å²) in [7, 11) is 0. The van der Waals surface area contributed by atoms with Crippen LogP contribution >= 0.6 is 0 Å². The molecule has 0 radical (unpaired) electrons. The van der Waals surface area contributed by atoms with Gasteiger partial charge in [-0.1, -0.05) is 0 Å². The first-order chi connectivity index (χ1) is 17.2. The van der Waals surface area contributed by atoms with Crippen molar-refractivity contribution in [3.8, 4) is 6.07 Å². The largest absolute Gasteiger partial charge is 0.367 e. The molecular formula is C27H29N7O2. The molecule has 4 heterocycles. The third-order valence-corrected chi connectivity index (χ3v) is 7.08. The first-order valence-electron chi connectivity index (χ1n) is 12.1. The molecule has 2 aliphatic heterocycles. The number of aromatic nitrogens is 3. The molecule has 1 aromatic carbocycles. The summed E-state index contributed by atoms with van der Waals surface area (Å²) >= 11 is 0. The Hall–Kier alpha value is -4.19. The highest BCUT2D eigenvalue weighted by molar-refractivity contribution is 6.12. The van der Waals surface area contributed by atoms with Crippen molar-refractivity contribution in [2.75, 3.05) is 36.0 Å². The van der Waals surface area contributed by atoms with Crippen LogP contribution in [0.2, 0.25) is 0 Å². The molecule has 0 saturated carbocycles. The zero-order valence-corrected chi connectivity index (χ0v) is 21.0. The number of pyridine rings is 1. The number of benzene rings is 1.